The number of hydrogen-bond donors (Lipinski definition) is 0. The number of pyridine rings is 1. The van der Waals surface area contributed by atoms with Crippen molar-refractivity contribution in [1.29, 1.82) is 0 Å². The van der Waals surface area contributed by atoms with Gasteiger partial charge in [-0.05, 0) is 36.8 Å². The summed E-state index contributed by atoms with van der Waals surface area (Å²) in [7, 11) is 0. The Kier molecular flexibility index (Phi) is 3.83. The maximum atomic E-state index is 4.93. The van der Waals surface area contributed by atoms with Gasteiger partial charge in [0, 0.05) is 23.9 Å². The van der Waals surface area contributed by atoms with Crippen molar-refractivity contribution in [1.82, 2.24) is 4.98 Å². The van der Waals surface area contributed by atoms with Crippen molar-refractivity contribution in [2.24, 2.45) is 5.10 Å². The highest BCUT2D eigenvalue weighted by molar-refractivity contribution is 6.03. The molecule has 0 N–H and O–H groups in total. The van der Waals surface area contributed by atoms with Gasteiger partial charge in [-0.2, -0.15) is 5.10 Å². The number of nitrogens with zero attached hydrogens (tertiary/aromatic N) is 3. The fourth-order valence-electron chi connectivity index (χ4n) is 3.08. The molecule has 1 aromatic heterocycles. The first-order valence-electron chi connectivity index (χ1n) is 8.21. The monoisotopic (exact) mass is 313 g/mol. The Balaban J connectivity index is 1.74. The Morgan fingerprint density at radius 2 is 1.58 bits per heavy atom. The SMILES string of the molecule is Cc1ccc(C2=NN(c3ccccc3)C(c3ccccc3)C2)cn1. The Labute approximate surface area is 142 Å². The summed E-state index contributed by atoms with van der Waals surface area (Å²) in [6.07, 6.45) is 2.80. The van der Waals surface area contributed by atoms with E-state index in [2.05, 4.69) is 70.7 Å². The molecule has 1 aliphatic rings. The molecule has 1 unspecified atom stereocenters. The third-order valence-corrected chi connectivity index (χ3v) is 4.36. The van der Waals surface area contributed by atoms with Crippen LogP contribution in [0, 0.1) is 6.92 Å². The third-order valence-electron chi connectivity index (χ3n) is 4.36. The van der Waals surface area contributed by atoms with Crippen LogP contribution in [0.25, 0.3) is 0 Å². The lowest BCUT2D eigenvalue weighted by Gasteiger charge is -2.23. The third kappa shape index (κ3) is 2.81. The second-order valence-corrected chi connectivity index (χ2v) is 6.05. The maximum absolute atomic E-state index is 4.93. The first-order valence-corrected chi connectivity index (χ1v) is 8.21. The van der Waals surface area contributed by atoms with Gasteiger partial charge >= 0.3 is 0 Å². The van der Waals surface area contributed by atoms with Gasteiger partial charge in [-0.1, -0.05) is 48.5 Å². The molecule has 2 heterocycles. The molecule has 3 aromatic rings. The number of hydrazone groups is 1. The summed E-state index contributed by atoms with van der Waals surface area (Å²) in [5, 5.41) is 7.06. The van der Waals surface area contributed by atoms with Gasteiger partial charge < -0.3 is 0 Å². The lowest BCUT2D eigenvalue weighted by atomic mass is 9.99. The van der Waals surface area contributed by atoms with Crippen LogP contribution in [-0.2, 0) is 0 Å². The van der Waals surface area contributed by atoms with Crippen LogP contribution in [0.5, 0.6) is 0 Å². The van der Waals surface area contributed by atoms with E-state index in [0.717, 1.165) is 29.1 Å². The van der Waals surface area contributed by atoms with Crippen molar-refractivity contribution < 1.29 is 0 Å². The van der Waals surface area contributed by atoms with E-state index in [1.165, 1.54) is 5.56 Å². The van der Waals surface area contributed by atoms with Crippen molar-refractivity contribution in [2.75, 3.05) is 5.01 Å². The van der Waals surface area contributed by atoms with E-state index in [1.54, 1.807) is 0 Å². The summed E-state index contributed by atoms with van der Waals surface area (Å²) in [6, 6.07) is 25.3. The van der Waals surface area contributed by atoms with Gasteiger partial charge in [0.05, 0.1) is 17.4 Å². The molecule has 0 saturated carbocycles. The highest BCUT2D eigenvalue weighted by atomic mass is 15.5. The number of aryl methyl sites for hydroxylation is 1. The van der Waals surface area contributed by atoms with Crippen LogP contribution in [0.4, 0.5) is 5.69 Å². The van der Waals surface area contributed by atoms with Gasteiger partial charge in [0.2, 0.25) is 0 Å². The molecule has 1 aliphatic heterocycles. The molecule has 0 aliphatic carbocycles. The summed E-state index contributed by atoms with van der Waals surface area (Å²) >= 11 is 0. The van der Waals surface area contributed by atoms with E-state index >= 15 is 0 Å². The van der Waals surface area contributed by atoms with Crippen molar-refractivity contribution in [3.63, 3.8) is 0 Å². The first-order chi connectivity index (χ1) is 11.8. The quantitative estimate of drug-likeness (QED) is 0.698. The van der Waals surface area contributed by atoms with E-state index in [0.29, 0.717) is 0 Å². The minimum atomic E-state index is 0.213. The minimum absolute atomic E-state index is 0.213. The normalized spacial score (nSPS) is 17.0. The number of aromatic nitrogens is 1. The van der Waals surface area contributed by atoms with Crippen LogP contribution in [0.1, 0.15) is 29.3 Å². The molecular weight excluding hydrogens is 294 g/mol. The van der Waals surface area contributed by atoms with Gasteiger partial charge in [-0.3, -0.25) is 9.99 Å². The van der Waals surface area contributed by atoms with E-state index in [-0.39, 0.29) is 6.04 Å². The second-order valence-electron chi connectivity index (χ2n) is 6.05. The van der Waals surface area contributed by atoms with E-state index in [9.17, 15) is 0 Å². The molecule has 0 amide bonds. The molecule has 4 rings (SSSR count). The zero-order chi connectivity index (χ0) is 16.4. The van der Waals surface area contributed by atoms with Gasteiger partial charge in [0.25, 0.3) is 0 Å². The van der Waals surface area contributed by atoms with Crippen LogP contribution in [0.15, 0.2) is 84.1 Å². The lowest BCUT2D eigenvalue weighted by Crippen LogP contribution is -2.18. The van der Waals surface area contributed by atoms with E-state index in [1.807, 2.05) is 25.3 Å². The Hall–Kier alpha value is -2.94. The predicted molar refractivity (Wildman–Crippen MR) is 98.2 cm³/mol. The molecule has 3 heteroatoms. The number of rotatable bonds is 3. The summed E-state index contributed by atoms with van der Waals surface area (Å²) < 4.78 is 0. The van der Waals surface area contributed by atoms with Crippen LogP contribution >= 0.6 is 0 Å². The van der Waals surface area contributed by atoms with Crippen molar-refractivity contribution in [3.8, 4) is 0 Å². The van der Waals surface area contributed by atoms with Crippen molar-refractivity contribution in [3.05, 3.63) is 95.8 Å². The molecule has 3 nitrogen and oxygen atoms in total. The smallest absolute Gasteiger partial charge is 0.0831 e. The van der Waals surface area contributed by atoms with Crippen LogP contribution in [0.2, 0.25) is 0 Å². The highest BCUT2D eigenvalue weighted by Gasteiger charge is 2.29. The molecule has 0 fully saturated rings. The van der Waals surface area contributed by atoms with Gasteiger partial charge in [-0.25, -0.2) is 0 Å². The fourth-order valence-corrected chi connectivity index (χ4v) is 3.08. The molecule has 0 saturated heterocycles. The molecule has 1 atom stereocenters. The predicted octanol–water partition coefficient (Wildman–Crippen LogP) is 4.75. The molecule has 24 heavy (non-hydrogen) atoms. The van der Waals surface area contributed by atoms with Crippen molar-refractivity contribution >= 4 is 11.4 Å². The molecule has 0 spiro atoms. The molecule has 0 radical (unpaired) electrons. The Morgan fingerprint density at radius 3 is 2.25 bits per heavy atom. The second kappa shape index (κ2) is 6.28. The number of para-hydroxylation sites is 1. The zero-order valence-corrected chi connectivity index (χ0v) is 13.6. The Morgan fingerprint density at radius 1 is 0.875 bits per heavy atom. The largest absolute Gasteiger partial charge is 0.261 e. The molecule has 2 aromatic carbocycles. The first kappa shape index (κ1) is 14.6. The van der Waals surface area contributed by atoms with Crippen LogP contribution < -0.4 is 5.01 Å². The standard InChI is InChI=1S/C21H19N3/c1-16-12-13-18(15-22-16)20-14-21(17-8-4-2-5-9-17)24(23-20)19-10-6-3-7-11-19/h2-13,15,21H,14H2,1H3. The average Bonchev–Trinajstić information content (AvgIpc) is 3.09. The fraction of sp³-hybridized carbons (Fsp3) is 0.143. The van der Waals surface area contributed by atoms with Gasteiger partial charge in [0.15, 0.2) is 0 Å². The zero-order valence-electron chi connectivity index (χ0n) is 13.6. The summed E-state index contributed by atoms with van der Waals surface area (Å²) in [4.78, 5) is 4.42. The lowest BCUT2D eigenvalue weighted by molar-refractivity contribution is 0.709. The maximum Gasteiger partial charge on any atom is 0.0831 e. The number of anilines is 1. The Bertz CT molecular complexity index is 839. The summed E-state index contributed by atoms with van der Waals surface area (Å²) in [5.74, 6) is 0. The molecular formula is C21H19N3. The summed E-state index contributed by atoms with van der Waals surface area (Å²) in [6.45, 7) is 2.00. The minimum Gasteiger partial charge on any atom is -0.261 e. The topological polar surface area (TPSA) is 28.5 Å². The average molecular weight is 313 g/mol. The summed E-state index contributed by atoms with van der Waals surface area (Å²) in [5.41, 5.74) is 5.60. The van der Waals surface area contributed by atoms with E-state index < -0.39 is 0 Å². The van der Waals surface area contributed by atoms with Gasteiger partial charge in [0.1, 0.15) is 0 Å². The van der Waals surface area contributed by atoms with Crippen molar-refractivity contribution in [2.45, 2.75) is 19.4 Å². The van der Waals surface area contributed by atoms with Gasteiger partial charge in [-0.15, -0.1) is 0 Å². The van der Waals surface area contributed by atoms with Crippen LogP contribution in [-0.4, -0.2) is 10.7 Å². The number of benzene rings is 2. The van der Waals surface area contributed by atoms with Crippen LogP contribution in [0.3, 0.4) is 0 Å². The number of hydrogen-bond acceptors (Lipinski definition) is 3. The molecule has 118 valence electrons. The highest BCUT2D eigenvalue weighted by Crippen LogP contribution is 2.36. The van der Waals surface area contributed by atoms with E-state index in [4.69, 9.17) is 5.10 Å². The molecule has 0 bridgehead atoms.